The van der Waals surface area contributed by atoms with Gasteiger partial charge in [0.15, 0.2) is 0 Å². The standard InChI is InChI=1S/C25H33NO3/c1-2-18-6-9-22(10-7-18)29-24-5-3-4-21-16-19(8-11-23(21)24)17-26-14-12-20(13-15-26)25(27)28/h3-5,8,11,16,18,20,22H,2,6-7,9-10,12-15,17H2,1H3,(H,27,28)/t18-,22+. The molecule has 0 radical (unpaired) electrons. The number of benzene rings is 2. The van der Waals surface area contributed by atoms with E-state index < -0.39 is 5.97 Å². The maximum absolute atomic E-state index is 11.1. The second kappa shape index (κ2) is 9.17. The first kappa shape index (κ1) is 20.2. The molecule has 4 rings (SSSR count). The molecule has 1 heterocycles. The van der Waals surface area contributed by atoms with Crippen molar-refractivity contribution in [1.29, 1.82) is 0 Å². The Hall–Kier alpha value is -2.07. The van der Waals surface area contributed by atoms with Crippen LogP contribution in [0.1, 0.15) is 57.4 Å². The molecule has 4 nitrogen and oxygen atoms in total. The molecule has 2 aliphatic rings. The second-order valence-electron chi connectivity index (χ2n) is 8.87. The lowest BCUT2D eigenvalue weighted by Gasteiger charge is -2.30. The van der Waals surface area contributed by atoms with Gasteiger partial charge in [-0.3, -0.25) is 9.69 Å². The zero-order chi connectivity index (χ0) is 20.2. The van der Waals surface area contributed by atoms with E-state index >= 15 is 0 Å². The quantitative estimate of drug-likeness (QED) is 0.703. The minimum atomic E-state index is -0.647. The molecule has 1 saturated carbocycles. The third kappa shape index (κ3) is 4.92. The highest BCUT2D eigenvalue weighted by molar-refractivity contribution is 5.88. The van der Waals surface area contributed by atoms with E-state index in [1.807, 2.05) is 0 Å². The Morgan fingerprint density at radius 1 is 1.07 bits per heavy atom. The molecule has 156 valence electrons. The van der Waals surface area contributed by atoms with Crippen LogP contribution in [-0.2, 0) is 11.3 Å². The highest BCUT2D eigenvalue weighted by atomic mass is 16.5. The summed E-state index contributed by atoms with van der Waals surface area (Å²) in [6.45, 7) is 4.90. The summed E-state index contributed by atoms with van der Waals surface area (Å²) in [5, 5.41) is 11.6. The van der Waals surface area contributed by atoms with E-state index in [0.717, 1.165) is 44.1 Å². The van der Waals surface area contributed by atoms with Gasteiger partial charge in [-0.05, 0) is 80.6 Å². The summed E-state index contributed by atoms with van der Waals surface area (Å²) in [7, 11) is 0. The number of carboxylic acid groups (broad SMARTS) is 1. The number of piperidine rings is 1. The molecule has 2 fully saturated rings. The van der Waals surface area contributed by atoms with E-state index in [1.165, 1.54) is 48.4 Å². The lowest BCUT2D eigenvalue weighted by Crippen LogP contribution is -2.35. The van der Waals surface area contributed by atoms with Crippen LogP contribution >= 0.6 is 0 Å². The van der Waals surface area contributed by atoms with Crippen molar-refractivity contribution >= 4 is 16.7 Å². The molecular weight excluding hydrogens is 362 g/mol. The maximum atomic E-state index is 11.1. The topological polar surface area (TPSA) is 49.8 Å². The van der Waals surface area contributed by atoms with Crippen molar-refractivity contribution in [1.82, 2.24) is 4.90 Å². The highest BCUT2D eigenvalue weighted by Crippen LogP contribution is 2.33. The number of hydrogen-bond acceptors (Lipinski definition) is 3. The molecule has 1 aliphatic heterocycles. The number of nitrogens with zero attached hydrogens (tertiary/aromatic N) is 1. The fraction of sp³-hybridized carbons (Fsp3) is 0.560. The van der Waals surface area contributed by atoms with Crippen LogP contribution in [0.3, 0.4) is 0 Å². The molecular formula is C25H33NO3. The van der Waals surface area contributed by atoms with Crippen LogP contribution in [0, 0.1) is 11.8 Å². The summed E-state index contributed by atoms with van der Waals surface area (Å²) in [5.41, 5.74) is 1.28. The van der Waals surface area contributed by atoms with Gasteiger partial charge >= 0.3 is 5.97 Å². The van der Waals surface area contributed by atoms with E-state index in [1.54, 1.807) is 0 Å². The fourth-order valence-corrected chi connectivity index (χ4v) is 4.94. The molecule has 1 aliphatic carbocycles. The molecule has 0 atom stereocenters. The van der Waals surface area contributed by atoms with Crippen molar-refractivity contribution < 1.29 is 14.6 Å². The molecule has 4 heteroatoms. The average molecular weight is 396 g/mol. The van der Waals surface area contributed by atoms with Crippen molar-refractivity contribution in [2.24, 2.45) is 11.8 Å². The van der Waals surface area contributed by atoms with Crippen molar-refractivity contribution in [2.75, 3.05) is 13.1 Å². The molecule has 2 aromatic rings. The van der Waals surface area contributed by atoms with Gasteiger partial charge in [0, 0.05) is 11.9 Å². The average Bonchev–Trinajstić information content (AvgIpc) is 2.75. The normalized spacial score (nSPS) is 23.9. The number of carboxylic acids is 1. The highest BCUT2D eigenvalue weighted by Gasteiger charge is 2.24. The van der Waals surface area contributed by atoms with Gasteiger partial charge in [-0.25, -0.2) is 0 Å². The van der Waals surface area contributed by atoms with Gasteiger partial charge in [0.05, 0.1) is 12.0 Å². The zero-order valence-corrected chi connectivity index (χ0v) is 17.5. The number of aliphatic carboxylic acids is 1. The minimum absolute atomic E-state index is 0.171. The van der Waals surface area contributed by atoms with Crippen LogP contribution in [0.4, 0.5) is 0 Å². The van der Waals surface area contributed by atoms with Crippen molar-refractivity contribution in [3.05, 3.63) is 42.0 Å². The fourth-order valence-electron chi connectivity index (χ4n) is 4.94. The molecule has 29 heavy (non-hydrogen) atoms. The summed E-state index contributed by atoms with van der Waals surface area (Å²) >= 11 is 0. The van der Waals surface area contributed by atoms with E-state index in [-0.39, 0.29) is 5.92 Å². The lowest BCUT2D eigenvalue weighted by atomic mass is 9.86. The number of fused-ring (bicyclic) bond motifs is 1. The Kier molecular flexibility index (Phi) is 6.39. The van der Waals surface area contributed by atoms with Gasteiger partial charge in [0.2, 0.25) is 0 Å². The molecule has 2 aromatic carbocycles. The molecule has 0 amide bonds. The number of rotatable bonds is 6. The van der Waals surface area contributed by atoms with E-state index in [4.69, 9.17) is 4.74 Å². The van der Waals surface area contributed by atoms with Gasteiger partial charge in [-0.2, -0.15) is 0 Å². The predicted molar refractivity (Wildman–Crippen MR) is 116 cm³/mol. The smallest absolute Gasteiger partial charge is 0.306 e. The summed E-state index contributed by atoms with van der Waals surface area (Å²) < 4.78 is 6.42. The molecule has 0 spiro atoms. The third-order valence-corrected chi connectivity index (χ3v) is 6.91. The summed E-state index contributed by atoms with van der Waals surface area (Å²) in [4.78, 5) is 13.5. The lowest BCUT2D eigenvalue weighted by molar-refractivity contribution is -0.143. The zero-order valence-electron chi connectivity index (χ0n) is 17.5. The number of carbonyl (C=O) groups is 1. The van der Waals surface area contributed by atoms with Crippen LogP contribution in [0.15, 0.2) is 36.4 Å². The molecule has 1 N–H and O–H groups in total. The molecule has 0 bridgehead atoms. The minimum Gasteiger partial charge on any atom is -0.490 e. The Labute approximate surface area is 173 Å². The summed E-state index contributed by atoms with van der Waals surface area (Å²) in [6.07, 6.45) is 8.04. The maximum Gasteiger partial charge on any atom is 0.306 e. The second-order valence-corrected chi connectivity index (χ2v) is 8.87. The van der Waals surface area contributed by atoms with Crippen LogP contribution < -0.4 is 4.74 Å². The van der Waals surface area contributed by atoms with Gasteiger partial charge in [-0.15, -0.1) is 0 Å². The van der Waals surface area contributed by atoms with E-state index in [2.05, 4.69) is 48.2 Å². The first-order valence-electron chi connectivity index (χ1n) is 11.3. The first-order chi connectivity index (χ1) is 14.1. The van der Waals surface area contributed by atoms with Gasteiger partial charge < -0.3 is 9.84 Å². The van der Waals surface area contributed by atoms with Crippen LogP contribution in [0.5, 0.6) is 5.75 Å². The van der Waals surface area contributed by atoms with Crippen LogP contribution in [0.2, 0.25) is 0 Å². The number of likely N-dealkylation sites (tertiary alicyclic amines) is 1. The molecule has 0 aromatic heterocycles. The van der Waals surface area contributed by atoms with Crippen molar-refractivity contribution in [3.63, 3.8) is 0 Å². The Balaban J connectivity index is 1.41. The van der Waals surface area contributed by atoms with Gasteiger partial charge in [0.1, 0.15) is 5.75 Å². The SMILES string of the molecule is CC[C@H]1CC[C@@H](Oc2cccc3cc(CN4CCC(C(=O)O)CC4)ccc23)CC1. The molecule has 1 saturated heterocycles. The molecule has 0 unspecified atom stereocenters. The van der Waals surface area contributed by atoms with Gasteiger partial charge in [0.25, 0.3) is 0 Å². The van der Waals surface area contributed by atoms with Crippen molar-refractivity contribution in [3.8, 4) is 5.75 Å². The summed E-state index contributed by atoms with van der Waals surface area (Å²) in [5.74, 6) is 1.07. The van der Waals surface area contributed by atoms with Crippen LogP contribution in [0.25, 0.3) is 10.8 Å². The van der Waals surface area contributed by atoms with Gasteiger partial charge in [-0.1, -0.05) is 37.6 Å². The monoisotopic (exact) mass is 395 g/mol. The number of ether oxygens (including phenoxy) is 1. The Bertz CT molecular complexity index is 833. The Morgan fingerprint density at radius 3 is 2.52 bits per heavy atom. The summed E-state index contributed by atoms with van der Waals surface area (Å²) in [6, 6.07) is 13.0. The predicted octanol–water partition coefficient (Wildman–Crippen LogP) is 5.48. The number of hydrogen-bond donors (Lipinski definition) is 1. The van der Waals surface area contributed by atoms with Crippen molar-refractivity contribution in [2.45, 2.75) is 64.5 Å². The van der Waals surface area contributed by atoms with E-state index in [9.17, 15) is 9.90 Å². The first-order valence-corrected chi connectivity index (χ1v) is 11.3. The van der Waals surface area contributed by atoms with Crippen LogP contribution in [-0.4, -0.2) is 35.2 Å². The van der Waals surface area contributed by atoms with E-state index in [0.29, 0.717) is 6.10 Å². The third-order valence-electron chi connectivity index (χ3n) is 6.91. The Morgan fingerprint density at radius 2 is 1.83 bits per heavy atom. The largest absolute Gasteiger partial charge is 0.490 e.